The second-order valence-corrected chi connectivity index (χ2v) is 7.83. The van der Waals surface area contributed by atoms with Crippen molar-refractivity contribution in [2.45, 2.75) is 39.7 Å². The van der Waals surface area contributed by atoms with Gasteiger partial charge in [-0.05, 0) is 18.7 Å². The Hall–Kier alpha value is -0.710. The Kier molecular flexibility index (Phi) is 4.99. The molecule has 0 unspecified atom stereocenters. The molecule has 0 radical (unpaired) electrons. The van der Waals surface area contributed by atoms with Crippen LogP contribution < -0.4 is 5.32 Å². The van der Waals surface area contributed by atoms with Gasteiger partial charge in [-0.1, -0.05) is 55.8 Å². The van der Waals surface area contributed by atoms with E-state index in [2.05, 4.69) is 73.2 Å². The van der Waals surface area contributed by atoms with E-state index < -0.39 is 0 Å². The van der Waals surface area contributed by atoms with Gasteiger partial charge in [0.25, 0.3) is 0 Å². The number of benzene rings is 1. The smallest absolute Gasteiger partial charge is 0.123 e. The van der Waals surface area contributed by atoms with Crippen LogP contribution in [0.1, 0.15) is 38.3 Å². The number of nitrogens with one attached hydrogen (secondary N) is 1. The number of rotatable bonds is 4. The van der Waals surface area contributed by atoms with E-state index in [1.165, 1.54) is 16.1 Å². The Morgan fingerprint density at radius 1 is 1.20 bits per heavy atom. The second kappa shape index (κ2) is 6.37. The second-order valence-electron chi connectivity index (χ2n) is 5.83. The Morgan fingerprint density at radius 2 is 1.85 bits per heavy atom. The first-order valence-electron chi connectivity index (χ1n) is 6.88. The Labute approximate surface area is 133 Å². The summed E-state index contributed by atoms with van der Waals surface area (Å²) in [7, 11) is 0. The standard InChI is InChI=1S/C16H21BrN2S/c1-5-18-10-13-14(16(2,3)4)19-15(20-13)11-6-8-12(17)9-7-11/h6-9,18H,5,10H2,1-4H3. The number of halogens is 1. The van der Waals surface area contributed by atoms with Crippen LogP contribution in [0.5, 0.6) is 0 Å². The molecule has 2 nitrogen and oxygen atoms in total. The third-order valence-electron chi connectivity index (χ3n) is 3.03. The monoisotopic (exact) mass is 352 g/mol. The predicted molar refractivity (Wildman–Crippen MR) is 91.3 cm³/mol. The minimum absolute atomic E-state index is 0.0782. The van der Waals surface area contributed by atoms with Crippen LogP contribution in [0.25, 0.3) is 10.6 Å². The van der Waals surface area contributed by atoms with Crippen LogP contribution in [0.2, 0.25) is 0 Å². The molecule has 0 aliphatic rings. The molecule has 0 fully saturated rings. The molecular weight excluding hydrogens is 332 g/mol. The molecule has 0 bridgehead atoms. The van der Waals surface area contributed by atoms with E-state index in [1.54, 1.807) is 11.3 Å². The number of thiazole rings is 1. The maximum absolute atomic E-state index is 4.90. The third-order valence-corrected chi connectivity index (χ3v) is 4.67. The lowest BCUT2D eigenvalue weighted by Crippen LogP contribution is -2.18. The lowest BCUT2D eigenvalue weighted by molar-refractivity contribution is 0.561. The van der Waals surface area contributed by atoms with Crippen molar-refractivity contribution >= 4 is 27.3 Å². The Bertz CT molecular complexity index is 567. The van der Waals surface area contributed by atoms with Crippen molar-refractivity contribution in [3.8, 4) is 10.6 Å². The third kappa shape index (κ3) is 3.68. The van der Waals surface area contributed by atoms with Gasteiger partial charge in [0, 0.05) is 26.9 Å². The van der Waals surface area contributed by atoms with Crippen molar-refractivity contribution in [2.24, 2.45) is 0 Å². The topological polar surface area (TPSA) is 24.9 Å². The summed E-state index contributed by atoms with van der Waals surface area (Å²) in [5, 5.41) is 4.52. The molecule has 0 saturated heterocycles. The van der Waals surface area contributed by atoms with E-state index >= 15 is 0 Å². The molecule has 1 heterocycles. The summed E-state index contributed by atoms with van der Waals surface area (Å²) in [5.74, 6) is 0. The Balaban J connectivity index is 2.40. The van der Waals surface area contributed by atoms with Crippen LogP contribution in [0.4, 0.5) is 0 Å². The summed E-state index contributed by atoms with van der Waals surface area (Å²) < 4.78 is 1.10. The minimum atomic E-state index is 0.0782. The maximum atomic E-state index is 4.90. The Morgan fingerprint density at radius 3 is 2.40 bits per heavy atom. The van der Waals surface area contributed by atoms with Crippen molar-refractivity contribution in [2.75, 3.05) is 6.54 Å². The van der Waals surface area contributed by atoms with Crippen LogP contribution in [-0.2, 0) is 12.0 Å². The van der Waals surface area contributed by atoms with Crippen molar-refractivity contribution < 1.29 is 0 Å². The average molecular weight is 353 g/mol. The summed E-state index contributed by atoms with van der Waals surface area (Å²) in [4.78, 5) is 6.24. The molecule has 0 aliphatic heterocycles. The molecule has 0 amide bonds. The van der Waals surface area contributed by atoms with Crippen LogP contribution in [0.3, 0.4) is 0 Å². The first-order valence-corrected chi connectivity index (χ1v) is 8.49. The highest BCUT2D eigenvalue weighted by Crippen LogP contribution is 2.34. The van der Waals surface area contributed by atoms with E-state index in [4.69, 9.17) is 4.98 Å². The lowest BCUT2D eigenvalue weighted by Gasteiger charge is -2.17. The zero-order valence-corrected chi connectivity index (χ0v) is 14.9. The van der Waals surface area contributed by atoms with Crippen LogP contribution in [0, 0.1) is 0 Å². The molecule has 0 aliphatic carbocycles. The summed E-state index contributed by atoms with van der Waals surface area (Å²) in [5.41, 5.74) is 2.47. The van der Waals surface area contributed by atoms with E-state index in [9.17, 15) is 0 Å². The molecule has 0 spiro atoms. The largest absolute Gasteiger partial charge is 0.312 e. The molecule has 1 N–H and O–H groups in total. The fraction of sp³-hybridized carbons (Fsp3) is 0.438. The zero-order chi connectivity index (χ0) is 14.8. The van der Waals surface area contributed by atoms with Gasteiger partial charge in [-0.2, -0.15) is 0 Å². The molecule has 2 rings (SSSR count). The van der Waals surface area contributed by atoms with Gasteiger partial charge >= 0.3 is 0 Å². The highest BCUT2D eigenvalue weighted by molar-refractivity contribution is 9.10. The number of hydrogen-bond acceptors (Lipinski definition) is 3. The van der Waals surface area contributed by atoms with Crippen molar-refractivity contribution in [3.63, 3.8) is 0 Å². The minimum Gasteiger partial charge on any atom is -0.312 e. The summed E-state index contributed by atoms with van der Waals surface area (Å²) in [6.45, 7) is 10.7. The molecule has 4 heteroatoms. The number of nitrogens with zero attached hydrogens (tertiary/aromatic N) is 1. The molecule has 0 atom stereocenters. The highest BCUT2D eigenvalue weighted by Gasteiger charge is 2.23. The summed E-state index contributed by atoms with van der Waals surface area (Å²) in [6.07, 6.45) is 0. The fourth-order valence-corrected chi connectivity index (χ4v) is 3.52. The lowest BCUT2D eigenvalue weighted by atomic mass is 9.91. The average Bonchev–Trinajstić information content (AvgIpc) is 2.81. The summed E-state index contributed by atoms with van der Waals surface area (Å²) in [6, 6.07) is 8.37. The van der Waals surface area contributed by atoms with E-state index in [-0.39, 0.29) is 5.41 Å². The SMILES string of the molecule is CCNCc1sc(-c2ccc(Br)cc2)nc1C(C)(C)C. The molecule has 0 saturated carbocycles. The first-order chi connectivity index (χ1) is 9.41. The quantitative estimate of drug-likeness (QED) is 0.839. The predicted octanol–water partition coefficient (Wildman–Crippen LogP) is 4.98. The fourth-order valence-electron chi connectivity index (χ4n) is 2.01. The van der Waals surface area contributed by atoms with Gasteiger partial charge in [-0.25, -0.2) is 4.98 Å². The van der Waals surface area contributed by atoms with Gasteiger partial charge in [0.05, 0.1) is 5.69 Å². The number of hydrogen-bond donors (Lipinski definition) is 1. The van der Waals surface area contributed by atoms with Crippen LogP contribution in [0.15, 0.2) is 28.7 Å². The van der Waals surface area contributed by atoms with Gasteiger partial charge in [0.15, 0.2) is 0 Å². The molecule has 20 heavy (non-hydrogen) atoms. The molecule has 108 valence electrons. The van der Waals surface area contributed by atoms with E-state index in [1.807, 2.05) is 0 Å². The van der Waals surface area contributed by atoms with Gasteiger partial charge < -0.3 is 5.32 Å². The normalized spacial score (nSPS) is 11.8. The van der Waals surface area contributed by atoms with Gasteiger partial charge in [-0.15, -0.1) is 11.3 Å². The van der Waals surface area contributed by atoms with Gasteiger partial charge in [0.1, 0.15) is 5.01 Å². The molecule has 1 aromatic heterocycles. The molecule has 1 aromatic carbocycles. The first kappa shape index (κ1) is 15.7. The van der Waals surface area contributed by atoms with E-state index in [0.717, 1.165) is 22.6 Å². The van der Waals surface area contributed by atoms with Crippen molar-refractivity contribution in [1.29, 1.82) is 0 Å². The van der Waals surface area contributed by atoms with Crippen LogP contribution >= 0.6 is 27.3 Å². The maximum Gasteiger partial charge on any atom is 0.123 e. The zero-order valence-electron chi connectivity index (χ0n) is 12.5. The van der Waals surface area contributed by atoms with Crippen molar-refractivity contribution in [3.05, 3.63) is 39.3 Å². The van der Waals surface area contributed by atoms with Gasteiger partial charge in [-0.3, -0.25) is 0 Å². The summed E-state index contributed by atoms with van der Waals surface area (Å²) >= 11 is 5.27. The van der Waals surface area contributed by atoms with Crippen molar-refractivity contribution in [1.82, 2.24) is 10.3 Å². The van der Waals surface area contributed by atoms with E-state index in [0.29, 0.717) is 0 Å². The van der Waals surface area contributed by atoms with Crippen LogP contribution in [-0.4, -0.2) is 11.5 Å². The highest BCUT2D eigenvalue weighted by atomic mass is 79.9. The molecular formula is C16H21BrN2S. The number of aromatic nitrogens is 1. The molecule has 2 aromatic rings. The van der Waals surface area contributed by atoms with Gasteiger partial charge in [0.2, 0.25) is 0 Å².